The summed E-state index contributed by atoms with van der Waals surface area (Å²) in [6.45, 7) is 0.787. The van der Waals surface area contributed by atoms with Crippen molar-refractivity contribution in [3.63, 3.8) is 0 Å². The summed E-state index contributed by atoms with van der Waals surface area (Å²) in [5.41, 5.74) is 2.88. The number of ether oxygens (including phenoxy) is 1. The van der Waals surface area contributed by atoms with E-state index in [1.54, 1.807) is 6.07 Å². The van der Waals surface area contributed by atoms with Crippen molar-refractivity contribution in [3.05, 3.63) is 71.9 Å². The van der Waals surface area contributed by atoms with E-state index in [-0.39, 0.29) is 5.97 Å². The second-order valence-corrected chi connectivity index (χ2v) is 4.66. The number of hydrogen-bond donors (Lipinski definition) is 0. The van der Waals surface area contributed by atoms with Crippen molar-refractivity contribution in [1.29, 1.82) is 0 Å². The molecule has 0 saturated carbocycles. The summed E-state index contributed by atoms with van der Waals surface area (Å²) in [6.07, 6.45) is 2.00. The maximum absolute atomic E-state index is 11.8. The Morgan fingerprint density at radius 3 is 2.60 bits per heavy atom. The Labute approximate surface area is 117 Å². The van der Waals surface area contributed by atoms with Gasteiger partial charge in [-0.25, -0.2) is 4.79 Å². The number of aromatic nitrogens is 1. The molecule has 3 heteroatoms. The highest BCUT2D eigenvalue weighted by Gasteiger charge is 2.12. The summed E-state index contributed by atoms with van der Waals surface area (Å²) in [4.78, 5) is 11.8. The predicted octanol–water partition coefficient (Wildman–Crippen LogP) is 3.48. The van der Waals surface area contributed by atoms with Gasteiger partial charge in [-0.3, -0.25) is 0 Å². The molecule has 0 spiro atoms. The van der Waals surface area contributed by atoms with E-state index >= 15 is 0 Å². The third kappa shape index (κ3) is 2.18. The van der Waals surface area contributed by atoms with Crippen molar-refractivity contribution in [2.45, 2.75) is 6.54 Å². The summed E-state index contributed by atoms with van der Waals surface area (Å²) in [6, 6.07) is 17.9. The molecule has 0 N–H and O–H groups in total. The Bertz CT molecular complexity index is 744. The Hall–Kier alpha value is -2.55. The Kier molecular flexibility index (Phi) is 3.25. The number of benzene rings is 2. The number of hydrogen-bond acceptors (Lipinski definition) is 2. The highest BCUT2D eigenvalue weighted by Crippen LogP contribution is 2.22. The molecule has 0 amide bonds. The van der Waals surface area contributed by atoms with Crippen molar-refractivity contribution in [3.8, 4) is 0 Å². The lowest BCUT2D eigenvalue weighted by atomic mass is 10.1. The summed E-state index contributed by atoms with van der Waals surface area (Å²) in [5.74, 6) is -0.298. The van der Waals surface area contributed by atoms with E-state index in [1.807, 2.05) is 42.6 Å². The van der Waals surface area contributed by atoms with E-state index in [0.29, 0.717) is 5.56 Å². The van der Waals surface area contributed by atoms with Crippen molar-refractivity contribution in [1.82, 2.24) is 4.57 Å². The number of rotatable bonds is 3. The molecule has 1 heterocycles. The normalized spacial score (nSPS) is 10.7. The van der Waals surface area contributed by atoms with Gasteiger partial charge in [0.15, 0.2) is 0 Å². The first kappa shape index (κ1) is 12.5. The van der Waals surface area contributed by atoms with Gasteiger partial charge in [0.1, 0.15) is 0 Å². The third-order valence-electron chi connectivity index (χ3n) is 3.41. The largest absolute Gasteiger partial charge is 0.465 e. The number of esters is 1. The predicted molar refractivity (Wildman–Crippen MR) is 78.8 cm³/mol. The SMILES string of the molecule is COC(=O)c1cccc2c1ccn2Cc1ccccc1. The Balaban J connectivity index is 2.04. The maximum atomic E-state index is 11.8. The van der Waals surface area contributed by atoms with Crippen molar-refractivity contribution < 1.29 is 9.53 Å². The third-order valence-corrected chi connectivity index (χ3v) is 3.41. The van der Waals surface area contributed by atoms with E-state index in [4.69, 9.17) is 4.74 Å². The second kappa shape index (κ2) is 5.21. The van der Waals surface area contributed by atoms with Crippen LogP contribution >= 0.6 is 0 Å². The number of carbonyl (C=O) groups is 1. The van der Waals surface area contributed by atoms with Gasteiger partial charge < -0.3 is 9.30 Å². The van der Waals surface area contributed by atoms with Crippen LogP contribution in [0.5, 0.6) is 0 Å². The van der Waals surface area contributed by atoms with Gasteiger partial charge in [0.25, 0.3) is 0 Å². The van der Waals surface area contributed by atoms with Crippen molar-refractivity contribution in [2.24, 2.45) is 0 Å². The summed E-state index contributed by atoms with van der Waals surface area (Å²) in [7, 11) is 1.40. The molecule has 0 aliphatic heterocycles. The van der Waals surface area contributed by atoms with E-state index in [0.717, 1.165) is 17.4 Å². The average molecular weight is 265 g/mol. The fourth-order valence-corrected chi connectivity index (χ4v) is 2.43. The smallest absolute Gasteiger partial charge is 0.338 e. The van der Waals surface area contributed by atoms with Crippen molar-refractivity contribution >= 4 is 16.9 Å². The number of fused-ring (bicyclic) bond motifs is 1. The monoisotopic (exact) mass is 265 g/mol. The van der Waals surface area contributed by atoms with Crippen LogP contribution in [0.1, 0.15) is 15.9 Å². The first-order chi connectivity index (χ1) is 9.79. The minimum Gasteiger partial charge on any atom is -0.465 e. The average Bonchev–Trinajstić information content (AvgIpc) is 2.91. The zero-order valence-corrected chi connectivity index (χ0v) is 11.2. The van der Waals surface area contributed by atoms with Crippen LogP contribution in [0.2, 0.25) is 0 Å². The van der Waals surface area contributed by atoms with Crippen LogP contribution in [-0.2, 0) is 11.3 Å². The molecule has 3 nitrogen and oxygen atoms in total. The van der Waals surface area contributed by atoms with Gasteiger partial charge in [0.05, 0.1) is 12.7 Å². The van der Waals surface area contributed by atoms with E-state index in [9.17, 15) is 4.79 Å². The van der Waals surface area contributed by atoms with Gasteiger partial charge in [-0.15, -0.1) is 0 Å². The molecule has 3 aromatic rings. The lowest BCUT2D eigenvalue weighted by Crippen LogP contribution is -2.02. The van der Waals surface area contributed by atoms with Crippen LogP contribution in [0.25, 0.3) is 10.9 Å². The molecule has 2 aromatic carbocycles. The minimum absolute atomic E-state index is 0.298. The van der Waals surface area contributed by atoms with E-state index < -0.39 is 0 Å². The van der Waals surface area contributed by atoms with Gasteiger partial charge in [-0.1, -0.05) is 36.4 Å². The maximum Gasteiger partial charge on any atom is 0.338 e. The summed E-state index contributed by atoms with van der Waals surface area (Å²) < 4.78 is 6.96. The molecule has 100 valence electrons. The highest BCUT2D eigenvalue weighted by molar-refractivity contribution is 6.03. The lowest BCUT2D eigenvalue weighted by Gasteiger charge is -2.06. The molecule has 0 aliphatic carbocycles. The van der Waals surface area contributed by atoms with Gasteiger partial charge in [0, 0.05) is 23.6 Å². The molecule has 0 bridgehead atoms. The van der Waals surface area contributed by atoms with E-state index in [2.05, 4.69) is 16.7 Å². The zero-order valence-electron chi connectivity index (χ0n) is 11.2. The molecule has 0 fully saturated rings. The molecular formula is C17H15NO2. The van der Waals surface area contributed by atoms with E-state index in [1.165, 1.54) is 12.7 Å². The van der Waals surface area contributed by atoms with Crippen LogP contribution in [0.15, 0.2) is 60.8 Å². The standard InChI is InChI=1S/C17H15NO2/c1-20-17(19)15-8-5-9-16-14(15)10-11-18(16)12-13-6-3-2-4-7-13/h2-11H,12H2,1H3. The number of carbonyl (C=O) groups excluding carboxylic acids is 1. The number of methoxy groups -OCH3 is 1. The molecular weight excluding hydrogens is 250 g/mol. The Morgan fingerprint density at radius 1 is 1.05 bits per heavy atom. The van der Waals surface area contributed by atoms with Crippen LogP contribution in [-0.4, -0.2) is 17.6 Å². The van der Waals surface area contributed by atoms with Gasteiger partial charge in [-0.05, 0) is 23.8 Å². The van der Waals surface area contributed by atoms with Crippen LogP contribution in [0.4, 0.5) is 0 Å². The minimum atomic E-state index is -0.298. The fraction of sp³-hybridized carbons (Fsp3) is 0.118. The first-order valence-corrected chi connectivity index (χ1v) is 6.49. The molecule has 0 aliphatic rings. The van der Waals surface area contributed by atoms with Crippen LogP contribution < -0.4 is 0 Å². The lowest BCUT2D eigenvalue weighted by molar-refractivity contribution is 0.0603. The fourth-order valence-electron chi connectivity index (χ4n) is 2.43. The molecule has 20 heavy (non-hydrogen) atoms. The molecule has 1 aromatic heterocycles. The van der Waals surface area contributed by atoms with Gasteiger partial charge in [-0.2, -0.15) is 0 Å². The topological polar surface area (TPSA) is 31.2 Å². The molecule has 0 radical (unpaired) electrons. The molecule has 0 saturated heterocycles. The van der Waals surface area contributed by atoms with Gasteiger partial charge in [0.2, 0.25) is 0 Å². The number of nitrogens with zero attached hydrogens (tertiary/aromatic N) is 1. The molecule has 0 unspecified atom stereocenters. The summed E-state index contributed by atoms with van der Waals surface area (Å²) >= 11 is 0. The second-order valence-electron chi connectivity index (χ2n) is 4.66. The first-order valence-electron chi connectivity index (χ1n) is 6.49. The van der Waals surface area contributed by atoms with Crippen LogP contribution in [0, 0.1) is 0 Å². The van der Waals surface area contributed by atoms with Crippen molar-refractivity contribution in [2.75, 3.05) is 7.11 Å². The van der Waals surface area contributed by atoms with Gasteiger partial charge >= 0.3 is 5.97 Å². The quantitative estimate of drug-likeness (QED) is 0.679. The van der Waals surface area contributed by atoms with Crippen LogP contribution in [0.3, 0.4) is 0 Å². The zero-order chi connectivity index (χ0) is 13.9. The molecule has 3 rings (SSSR count). The summed E-state index contributed by atoms with van der Waals surface area (Å²) in [5, 5.41) is 0.926. The highest BCUT2D eigenvalue weighted by atomic mass is 16.5. The molecule has 0 atom stereocenters. The Morgan fingerprint density at radius 2 is 1.85 bits per heavy atom.